The van der Waals surface area contributed by atoms with Crippen LogP contribution in [0.5, 0.6) is 0 Å². The predicted molar refractivity (Wildman–Crippen MR) is 115 cm³/mol. The maximum Gasteiger partial charge on any atom is 0.342 e. The van der Waals surface area contributed by atoms with Gasteiger partial charge in [0.05, 0.1) is 10.4 Å². The number of nitrogens with zero attached hydrogens (tertiary/aromatic N) is 4. The van der Waals surface area contributed by atoms with Crippen LogP contribution in [0, 0.1) is 0 Å². The highest BCUT2D eigenvalue weighted by Crippen LogP contribution is 2.30. The first-order valence-corrected chi connectivity index (χ1v) is 10.8. The summed E-state index contributed by atoms with van der Waals surface area (Å²) in [4.78, 5) is 20.9. The van der Waals surface area contributed by atoms with Crippen LogP contribution >= 0.6 is 11.3 Å². The van der Waals surface area contributed by atoms with E-state index in [1.54, 1.807) is 6.92 Å². The van der Waals surface area contributed by atoms with Gasteiger partial charge in [-0.05, 0) is 43.3 Å². The number of carbonyl (C=O) groups is 1. The third kappa shape index (κ3) is 3.54. The number of esters is 1. The molecule has 0 radical (unpaired) electrons. The lowest BCUT2D eigenvalue weighted by atomic mass is 10.1. The fraction of sp³-hybridized carbons (Fsp3) is 0.273. The molecule has 5 rings (SSSR count). The minimum Gasteiger partial charge on any atom is -0.449 e. The first kappa shape index (κ1) is 18.7. The number of benzene rings is 1. The summed E-state index contributed by atoms with van der Waals surface area (Å²) < 4.78 is 11.4. The Hall–Kier alpha value is -3.26. The van der Waals surface area contributed by atoms with Gasteiger partial charge >= 0.3 is 5.97 Å². The predicted octanol–water partition coefficient (Wildman–Crippen LogP) is 4.86. The molecule has 0 bridgehead atoms. The van der Waals surface area contributed by atoms with E-state index in [0.29, 0.717) is 17.3 Å². The maximum absolute atomic E-state index is 13.1. The van der Waals surface area contributed by atoms with Crippen molar-refractivity contribution < 1.29 is 13.9 Å². The van der Waals surface area contributed by atoms with Crippen molar-refractivity contribution in [3.05, 3.63) is 59.3 Å². The van der Waals surface area contributed by atoms with Gasteiger partial charge in [0.15, 0.2) is 6.10 Å². The van der Waals surface area contributed by atoms with E-state index in [9.17, 15) is 4.79 Å². The summed E-state index contributed by atoms with van der Waals surface area (Å²) >= 11 is 1.51. The molecule has 0 saturated carbocycles. The number of carbonyl (C=O) groups excluding carboxylic acids is 1. The standard InChI is InChI=1S/C22H20N4O3S/c1-14(20-24-25-21(29-20)18-9-6-12-30-18)28-22(27)16-13-15-7-2-3-8-17(15)23-19(16)26-10-4-5-11-26/h2-3,6-9,12-14H,4-5,10-11H2,1H3. The molecule has 1 aliphatic heterocycles. The number of fused-ring (bicyclic) bond motifs is 1. The van der Waals surface area contributed by atoms with Crippen molar-refractivity contribution in [2.45, 2.75) is 25.9 Å². The lowest BCUT2D eigenvalue weighted by Gasteiger charge is -2.20. The minimum absolute atomic E-state index is 0.267. The second kappa shape index (κ2) is 7.87. The van der Waals surface area contributed by atoms with E-state index in [0.717, 1.165) is 41.7 Å². The summed E-state index contributed by atoms with van der Waals surface area (Å²) in [7, 11) is 0. The monoisotopic (exact) mass is 420 g/mol. The normalized spacial score (nSPS) is 14.9. The molecule has 1 atom stereocenters. The molecule has 1 saturated heterocycles. The average Bonchev–Trinajstić information content (AvgIpc) is 3.54. The van der Waals surface area contributed by atoms with E-state index in [4.69, 9.17) is 14.1 Å². The fourth-order valence-corrected chi connectivity index (χ4v) is 4.24. The molecular weight excluding hydrogens is 400 g/mol. The molecule has 4 heterocycles. The molecule has 1 aromatic carbocycles. The lowest BCUT2D eigenvalue weighted by Crippen LogP contribution is -2.23. The number of aromatic nitrogens is 3. The topological polar surface area (TPSA) is 81.4 Å². The van der Waals surface area contributed by atoms with Crippen LogP contribution in [0.1, 0.15) is 42.1 Å². The summed E-state index contributed by atoms with van der Waals surface area (Å²) in [5, 5.41) is 11.0. The zero-order valence-electron chi connectivity index (χ0n) is 16.4. The van der Waals surface area contributed by atoms with Crippen molar-refractivity contribution >= 4 is 34.0 Å². The van der Waals surface area contributed by atoms with Gasteiger partial charge in [-0.2, -0.15) is 0 Å². The summed E-state index contributed by atoms with van der Waals surface area (Å²) in [5.74, 6) is 0.919. The highest BCUT2D eigenvalue weighted by Gasteiger charge is 2.26. The van der Waals surface area contributed by atoms with Gasteiger partial charge in [0.25, 0.3) is 11.8 Å². The van der Waals surface area contributed by atoms with E-state index >= 15 is 0 Å². The Bertz CT molecular complexity index is 1180. The van der Waals surface area contributed by atoms with Gasteiger partial charge < -0.3 is 14.1 Å². The van der Waals surface area contributed by atoms with Crippen LogP contribution in [-0.2, 0) is 4.74 Å². The second-order valence-corrected chi connectivity index (χ2v) is 8.16. The Morgan fingerprint density at radius 2 is 2.00 bits per heavy atom. The number of hydrogen-bond donors (Lipinski definition) is 0. The summed E-state index contributed by atoms with van der Waals surface area (Å²) in [6.45, 7) is 3.50. The molecule has 152 valence electrons. The van der Waals surface area contributed by atoms with Crippen molar-refractivity contribution in [3.8, 4) is 10.8 Å². The van der Waals surface area contributed by atoms with Gasteiger partial charge in [-0.15, -0.1) is 21.5 Å². The van der Waals surface area contributed by atoms with Crippen LogP contribution < -0.4 is 4.90 Å². The quantitative estimate of drug-likeness (QED) is 0.426. The van der Waals surface area contributed by atoms with Crippen molar-refractivity contribution in [1.82, 2.24) is 15.2 Å². The van der Waals surface area contributed by atoms with Gasteiger partial charge in [-0.25, -0.2) is 9.78 Å². The molecule has 30 heavy (non-hydrogen) atoms. The summed E-state index contributed by atoms with van der Waals surface area (Å²) in [5.41, 5.74) is 1.32. The van der Waals surface area contributed by atoms with Crippen LogP contribution in [0.3, 0.4) is 0 Å². The number of para-hydroxylation sites is 1. The van der Waals surface area contributed by atoms with E-state index < -0.39 is 12.1 Å². The largest absolute Gasteiger partial charge is 0.449 e. The zero-order chi connectivity index (χ0) is 20.5. The second-order valence-electron chi connectivity index (χ2n) is 7.22. The first-order valence-electron chi connectivity index (χ1n) is 9.92. The highest BCUT2D eigenvalue weighted by atomic mass is 32.1. The molecule has 1 fully saturated rings. The third-order valence-corrected chi connectivity index (χ3v) is 5.99. The van der Waals surface area contributed by atoms with E-state index in [1.165, 1.54) is 11.3 Å². The zero-order valence-corrected chi connectivity index (χ0v) is 17.3. The lowest BCUT2D eigenvalue weighted by molar-refractivity contribution is 0.0280. The molecular formula is C22H20N4O3S. The molecule has 0 amide bonds. The SMILES string of the molecule is CC(OC(=O)c1cc2ccccc2nc1N1CCCC1)c1nnc(-c2cccs2)o1. The maximum atomic E-state index is 13.1. The number of anilines is 1. The van der Waals surface area contributed by atoms with Crippen LogP contribution in [-0.4, -0.2) is 34.2 Å². The van der Waals surface area contributed by atoms with E-state index in [-0.39, 0.29) is 5.89 Å². The summed E-state index contributed by atoms with van der Waals surface area (Å²) in [6.07, 6.45) is 1.51. The Kier molecular flexibility index (Phi) is 4.92. The third-order valence-electron chi connectivity index (χ3n) is 5.13. The van der Waals surface area contributed by atoms with Gasteiger partial charge in [0.1, 0.15) is 11.4 Å². The van der Waals surface area contributed by atoms with Crippen LogP contribution in [0.15, 0.2) is 52.3 Å². The Morgan fingerprint density at radius 3 is 2.80 bits per heavy atom. The van der Waals surface area contributed by atoms with Crippen molar-refractivity contribution in [1.29, 1.82) is 0 Å². The number of pyridine rings is 1. The number of ether oxygens (including phenoxy) is 1. The molecule has 7 nitrogen and oxygen atoms in total. The van der Waals surface area contributed by atoms with Crippen molar-refractivity contribution in [2.75, 3.05) is 18.0 Å². The van der Waals surface area contributed by atoms with Crippen LogP contribution in [0.4, 0.5) is 5.82 Å². The minimum atomic E-state index is -0.670. The smallest absolute Gasteiger partial charge is 0.342 e. The number of rotatable bonds is 5. The van der Waals surface area contributed by atoms with E-state index in [1.807, 2.05) is 47.8 Å². The first-order chi connectivity index (χ1) is 14.7. The average molecular weight is 420 g/mol. The molecule has 3 aromatic heterocycles. The van der Waals surface area contributed by atoms with Gasteiger partial charge in [-0.3, -0.25) is 0 Å². The highest BCUT2D eigenvalue weighted by molar-refractivity contribution is 7.13. The molecule has 0 aliphatic carbocycles. The molecule has 1 unspecified atom stereocenters. The number of thiophene rings is 1. The fourth-order valence-electron chi connectivity index (χ4n) is 3.60. The number of hydrogen-bond acceptors (Lipinski definition) is 8. The van der Waals surface area contributed by atoms with Crippen molar-refractivity contribution in [3.63, 3.8) is 0 Å². The molecule has 8 heteroatoms. The van der Waals surface area contributed by atoms with Crippen LogP contribution in [0.2, 0.25) is 0 Å². The van der Waals surface area contributed by atoms with Gasteiger partial charge in [0, 0.05) is 18.5 Å². The van der Waals surface area contributed by atoms with E-state index in [2.05, 4.69) is 15.1 Å². The summed E-state index contributed by atoms with van der Waals surface area (Å²) in [6, 6.07) is 13.5. The van der Waals surface area contributed by atoms with Crippen LogP contribution in [0.25, 0.3) is 21.7 Å². The Balaban J connectivity index is 1.43. The van der Waals surface area contributed by atoms with Gasteiger partial charge in [-0.1, -0.05) is 24.3 Å². The Labute approximate surface area is 177 Å². The Morgan fingerprint density at radius 1 is 1.17 bits per heavy atom. The molecule has 1 aliphatic rings. The molecule has 0 N–H and O–H groups in total. The molecule has 4 aromatic rings. The van der Waals surface area contributed by atoms with Crippen molar-refractivity contribution in [2.24, 2.45) is 0 Å². The molecule has 0 spiro atoms. The van der Waals surface area contributed by atoms with Gasteiger partial charge in [0.2, 0.25) is 0 Å².